The molecular formula is C16H10ClN5. The molecule has 2 heterocycles. The van der Waals surface area contributed by atoms with Crippen LogP contribution in [0.1, 0.15) is 22.6 Å². The summed E-state index contributed by atoms with van der Waals surface area (Å²) in [5, 5.41) is 19.7. The Labute approximate surface area is 132 Å². The molecule has 0 radical (unpaired) electrons. The quantitative estimate of drug-likeness (QED) is 0.728. The fourth-order valence-corrected chi connectivity index (χ4v) is 2.59. The van der Waals surface area contributed by atoms with Gasteiger partial charge in [0.15, 0.2) is 11.4 Å². The zero-order chi connectivity index (χ0) is 15.7. The van der Waals surface area contributed by atoms with E-state index in [0.717, 1.165) is 16.5 Å². The molecule has 0 amide bonds. The van der Waals surface area contributed by atoms with Crippen LogP contribution in [-0.4, -0.2) is 14.5 Å². The number of halogens is 1. The third-order valence-corrected chi connectivity index (χ3v) is 4.02. The van der Waals surface area contributed by atoms with Crippen molar-refractivity contribution in [2.75, 3.05) is 0 Å². The van der Waals surface area contributed by atoms with Gasteiger partial charge in [-0.3, -0.25) is 0 Å². The maximum Gasteiger partial charge on any atom is 0.176 e. The highest BCUT2D eigenvalue weighted by Crippen LogP contribution is 2.27. The van der Waals surface area contributed by atoms with Crippen LogP contribution in [0.4, 0.5) is 0 Å². The van der Waals surface area contributed by atoms with E-state index in [1.807, 2.05) is 43.3 Å². The number of benzene rings is 1. The monoisotopic (exact) mass is 307 g/mol. The number of hydrogen-bond acceptors (Lipinski definition) is 4. The molecule has 1 aromatic carbocycles. The number of aryl methyl sites for hydroxylation is 1. The molecular weight excluding hydrogens is 298 g/mol. The summed E-state index contributed by atoms with van der Waals surface area (Å²) >= 11 is 6.41. The molecule has 0 atom stereocenters. The van der Waals surface area contributed by atoms with Gasteiger partial charge in [0, 0.05) is 5.39 Å². The molecule has 0 fully saturated rings. The molecule has 6 heteroatoms. The Morgan fingerprint density at radius 2 is 2.00 bits per heavy atom. The first-order chi connectivity index (χ1) is 10.7. The first-order valence-corrected chi connectivity index (χ1v) is 6.92. The smallest absolute Gasteiger partial charge is 0.176 e. The average molecular weight is 308 g/mol. The molecule has 0 aliphatic carbocycles. The van der Waals surface area contributed by atoms with Gasteiger partial charge in [-0.25, -0.2) is 9.97 Å². The minimum absolute atomic E-state index is 0.108. The minimum atomic E-state index is 0.108. The zero-order valence-corrected chi connectivity index (χ0v) is 12.5. The number of nitriles is 2. The SMILES string of the molecule is Cc1c(Cl)c(Cn2cnc(C#N)c2C#N)nc2ccccc12. The highest BCUT2D eigenvalue weighted by molar-refractivity contribution is 6.32. The zero-order valence-electron chi connectivity index (χ0n) is 11.7. The van der Waals surface area contributed by atoms with Gasteiger partial charge in [-0.1, -0.05) is 29.8 Å². The summed E-state index contributed by atoms with van der Waals surface area (Å²) in [7, 11) is 0. The maximum atomic E-state index is 9.18. The summed E-state index contributed by atoms with van der Waals surface area (Å²) in [6, 6.07) is 11.6. The van der Waals surface area contributed by atoms with Crippen molar-refractivity contribution in [3.8, 4) is 12.1 Å². The van der Waals surface area contributed by atoms with Gasteiger partial charge >= 0.3 is 0 Å². The van der Waals surface area contributed by atoms with Gasteiger partial charge in [0.25, 0.3) is 0 Å². The first-order valence-electron chi connectivity index (χ1n) is 6.54. The van der Waals surface area contributed by atoms with E-state index in [1.54, 1.807) is 4.57 Å². The lowest BCUT2D eigenvalue weighted by Crippen LogP contribution is -2.05. The molecule has 3 rings (SSSR count). The summed E-state index contributed by atoms with van der Waals surface area (Å²) in [6.07, 6.45) is 1.46. The van der Waals surface area contributed by atoms with Crippen LogP contribution in [0.15, 0.2) is 30.6 Å². The van der Waals surface area contributed by atoms with E-state index in [1.165, 1.54) is 6.33 Å². The highest BCUT2D eigenvalue weighted by Gasteiger charge is 2.14. The number of nitrogens with zero attached hydrogens (tertiary/aromatic N) is 5. The van der Waals surface area contributed by atoms with Crippen LogP contribution < -0.4 is 0 Å². The summed E-state index contributed by atoms with van der Waals surface area (Å²) in [4.78, 5) is 8.49. The lowest BCUT2D eigenvalue weighted by atomic mass is 10.1. The highest BCUT2D eigenvalue weighted by atomic mass is 35.5. The summed E-state index contributed by atoms with van der Waals surface area (Å²) in [5.41, 5.74) is 2.76. The average Bonchev–Trinajstić information content (AvgIpc) is 2.94. The topological polar surface area (TPSA) is 78.3 Å². The number of imidazole rings is 1. The van der Waals surface area contributed by atoms with Crippen LogP contribution in [-0.2, 0) is 6.54 Å². The molecule has 0 bridgehead atoms. The molecule has 0 spiro atoms. The van der Waals surface area contributed by atoms with Crippen LogP contribution in [0.2, 0.25) is 5.02 Å². The van der Waals surface area contributed by atoms with Crippen LogP contribution in [0.25, 0.3) is 10.9 Å². The molecule has 106 valence electrons. The second-order valence-corrected chi connectivity index (χ2v) is 5.19. The summed E-state index contributed by atoms with van der Waals surface area (Å²) < 4.78 is 1.58. The Hall–Kier alpha value is -2.89. The largest absolute Gasteiger partial charge is 0.315 e. The van der Waals surface area contributed by atoms with E-state index < -0.39 is 0 Å². The van der Waals surface area contributed by atoms with Crippen molar-refractivity contribution < 1.29 is 0 Å². The molecule has 0 saturated carbocycles. The van der Waals surface area contributed by atoms with E-state index >= 15 is 0 Å². The molecule has 2 aromatic heterocycles. The van der Waals surface area contributed by atoms with Crippen molar-refractivity contribution in [2.45, 2.75) is 13.5 Å². The Balaban J connectivity index is 2.13. The van der Waals surface area contributed by atoms with Crippen molar-refractivity contribution in [1.29, 1.82) is 10.5 Å². The van der Waals surface area contributed by atoms with Crippen LogP contribution in [0.3, 0.4) is 0 Å². The fraction of sp³-hybridized carbons (Fsp3) is 0.125. The lowest BCUT2D eigenvalue weighted by Gasteiger charge is -2.11. The molecule has 0 saturated heterocycles. The van der Waals surface area contributed by atoms with Gasteiger partial charge in [0.1, 0.15) is 12.1 Å². The molecule has 0 unspecified atom stereocenters. The number of rotatable bonds is 2. The van der Waals surface area contributed by atoms with E-state index in [0.29, 0.717) is 17.3 Å². The van der Waals surface area contributed by atoms with Crippen molar-refractivity contribution >= 4 is 22.5 Å². The lowest BCUT2D eigenvalue weighted by molar-refractivity contribution is 0.766. The minimum Gasteiger partial charge on any atom is -0.315 e. The molecule has 3 aromatic rings. The van der Waals surface area contributed by atoms with Gasteiger partial charge in [0.2, 0.25) is 0 Å². The van der Waals surface area contributed by atoms with Gasteiger partial charge in [-0.15, -0.1) is 0 Å². The van der Waals surface area contributed by atoms with E-state index in [4.69, 9.17) is 16.9 Å². The third-order valence-electron chi connectivity index (χ3n) is 3.52. The standard InChI is InChI=1S/C16H10ClN5/c1-10-11-4-2-3-5-12(11)21-14(16(10)17)8-22-9-20-13(6-18)15(22)7-19/h2-5,9H,8H2,1H3. The number of para-hydroxylation sites is 1. The molecule has 22 heavy (non-hydrogen) atoms. The van der Waals surface area contributed by atoms with Crippen molar-refractivity contribution in [3.63, 3.8) is 0 Å². The molecule has 5 nitrogen and oxygen atoms in total. The number of pyridine rings is 1. The van der Waals surface area contributed by atoms with E-state index in [2.05, 4.69) is 9.97 Å². The van der Waals surface area contributed by atoms with Gasteiger partial charge < -0.3 is 4.57 Å². The van der Waals surface area contributed by atoms with Crippen molar-refractivity contribution in [1.82, 2.24) is 14.5 Å². The number of fused-ring (bicyclic) bond motifs is 1. The van der Waals surface area contributed by atoms with Gasteiger partial charge in [-0.2, -0.15) is 10.5 Å². The van der Waals surface area contributed by atoms with Gasteiger partial charge in [-0.05, 0) is 18.6 Å². The Bertz CT molecular complexity index is 959. The van der Waals surface area contributed by atoms with Crippen molar-refractivity contribution in [2.24, 2.45) is 0 Å². The van der Waals surface area contributed by atoms with Crippen LogP contribution in [0.5, 0.6) is 0 Å². The van der Waals surface area contributed by atoms with Crippen molar-refractivity contribution in [3.05, 3.63) is 58.3 Å². The third kappa shape index (κ3) is 2.18. The molecule has 0 N–H and O–H groups in total. The Kier molecular flexibility index (Phi) is 3.50. The molecule has 0 aliphatic heterocycles. The second kappa shape index (κ2) is 5.48. The normalized spacial score (nSPS) is 10.4. The summed E-state index contributed by atoms with van der Waals surface area (Å²) in [5.74, 6) is 0. The van der Waals surface area contributed by atoms with Crippen LogP contribution in [0, 0.1) is 29.6 Å². The number of hydrogen-bond donors (Lipinski definition) is 0. The second-order valence-electron chi connectivity index (χ2n) is 4.81. The Morgan fingerprint density at radius 1 is 1.23 bits per heavy atom. The van der Waals surface area contributed by atoms with E-state index in [9.17, 15) is 5.26 Å². The number of aromatic nitrogens is 3. The fourth-order valence-electron chi connectivity index (χ4n) is 2.38. The summed E-state index contributed by atoms with van der Waals surface area (Å²) in [6.45, 7) is 2.23. The predicted octanol–water partition coefficient (Wildman–Crippen LogP) is 3.18. The van der Waals surface area contributed by atoms with Crippen LogP contribution >= 0.6 is 11.6 Å². The Morgan fingerprint density at radius 3 is 2.73 bits per heavy atom. The van der Waals surface area contributed by atoms with Gasteiger partial charge in [0.05, 0.1) is 29.1 Å². The molecule has 0 aliphatic rings. The predicted molar refractivity (Wildman–Crippen MR) is 82.2 cm³/mol. The van der Waals surface area contributed by atoms with E-state index in [-0.39, 0.29) is 11.4 Å². The maximum absolute atomic E-state index is 9.18. The first kappa shape index (κ1) is 14.1.